The average molecular weight is 410 g/mol. The van der Waals surface area contributed by atoms with Crippen LogP contribution in [-0.2, 0) is 4.74 Å². The minimum atomic E-state index is -0.000421. The molecule has 1 unspecified atom stereocenters. The highest BCUT2D eigenvalue weighted by molar-refractivity contribution is 7.12. The largest absolute Gasteiger partial charge is 0.379 e. The van der Waals surface area contributed by atoms with Gasteiger partial charge >= 0.3 is 0 Å². The van der Waals surface area contributed by atoms with E-state index in [1.165, 1.54) is 11.3 Å². The molecule has 0 saturated carbocycles. The fraction of sp³-hybridized carbons (Fsp3) is 0.700. The Labute approximate surface area is 172 Å². The van der Waals surface area contributed by atoms with Crippen molar-refractivity contribution < 1.29 is 9.53 Å². The number of morpholine rings is 1. The molecule has 0 spiro atoms. The normalized spacial score (nSPS) is 16.8. The number of ether oxygens (including phenoxy) is 1. The first-order valence-electron chi connectivity index (χ1n) is 10.2. The first kappa shape index (κ1) is 22.6. The van der Waals surface area contributed by atoms with Crippen LogP contribution in [0.2, 0.25) is 0 Å². The Morgan fingerprint density at radius 3 is 2.64 bits per heavy atom. The molecule has 0 radical (unpaired) electrons. The van der Waals surface area contributed by atoms with Crippen molar-refractivity contribution in [3.8, 4) is 0 Å². The topological polar surface area (TPSA) is 78.0 Å². The highest BCUT2D eigenvalue weighted by atomic mass is 32.1. The molecule has 1 aliphatic rings. The van der Waals surface area contributed by atoms with Gasteiger partial charge in [0, 0.05) is 45.8 Å². The maximum Gasteiger partial charge on any atom is 0.261 e. The average Bonchev–Trinajstić information content (AvgIpc) is 3.24. The highest BCUT2D eigenvalue weighted by Gasteiger charge is 2.22. The van der Waals surface area contributed by atoms with Gasteiger partial charge in [0.25, 0.3) is 5.91 Å². The SMILES string of the molecule is CN=C(NCCCNC(=O)c1cccs1)NCC(CC(C)C)N1CCOCC1. The Bertz CT molecular complexity index is 585. The fourth-order valence-electron chi connectivity index (χ4n) is 3.28. The third kappa shape index (κ3) is 8.16. The number of amides is 1. The van der Waals surface area contributed by atoms with Gasteiger partial charge in [0.1, 0.15) is 0 Å². The summed E-state index contributed by atoms with van der Waals surface area (Å²) in [4.78, 5) is 19.5. The number of thiophene rings is 1. The van der Waals surface area contributed by atoms with Crippen molar-refractivity contribution in [2.75, 3.05) is 53.0 Å². The van der Waals surface area contributed by atoms with E-state index < -0.39 is 0 Å². The highest BCUT2D eigenvalue weighted by Crippen LogP contribution is 2.13. The lowest BCUT2D eigenvalue weighted by Crippen LogP contribution is -2.51. The summed E-state index contributed by atoms with van der Waals surface area (Å²) in [6, 6.07) is 4.21. The van der Waals surface area contributed by atoms with E-state index in [0.717, 1.165) is 63.1 Å². The number of nitrogens with one attached hydrogen (secondary N) is 3. The minimum Gasteiger partial charge on any atom is -0.379 e. The maximum atomic E-state index is 11.9. The fourth-order valence-corrected chi connectivity index (χ4v) is 3.92. The van der Waals surface area contributed by atoms with Crippen molar-refractivity contribution in [1.82, 2.24) is 20.9 Å². The number of hydrogen-bond acceptors (Lipinski definition) is 5. The van der Waals surface area contributed by atoms with E-state index in [9.17, 15) is 4.79 Å². The third-order valence-corrected chi connectivity index (χ3v) is 5.58. The van der Waals surface area contributed by atoms with Gasteiger partial charge in [0.05, 0.1) is 18.1 Å². The second-order valence-corrected chi connectivity index (χ2v) is 8.35. The lowest BCUT2D eigenvalue weighted by atomic mass is 10.0. The predicted molar refractivity (Wildman–Crippen MR) is 116 cm³/mol. The van der Waals surface area contributed by atoms with Crippen LogP contribution in [0.15, 0.2) is 22.5 Å². The van der Waals surface area contributed by atoms with Crippen molar-refractivity contribution >= 4 is 23.2 Å². The van der Waals surface area contributed by atoms with Crippen molar-refractivity contribution in [3.05, 3.63) is 22.4 Å². The summed E-state index contributed by atoms with van der Waals surface area (Å²) in [5.41, 5.74) is 0. The molecule has 158 valence electrons. The summed E-state index contributed by atoms with van der Waals surface area (Å²) in [6.07, 6.45) is 2.00. The monoisotopic (exact) mass is 409 g/mol. The first-order valence-corrected chi connectivity index (χ1v) is 11.1. The quantitative estimate of drug-likeness (QED) is 0.312. The number of carbonyl (C=O) groups is 1. The lowest BCUT2D eigenvalue weighted by molar-refractivity contribution is 0.0132. The van der Waals surface area contributed by atoms with Crippen molar-refractivity contribution in [2.24, 2.45) is 10.9 Å². The zero-order valence-electron chi connectivity index (χ0n) is 17.4. The van der Waals surface area contributed by atoms with E-state index in [-0.39, 0.29) is 5.91 Å². The van der Waals surface area contributed by atoms with E-state index in [4.69, 9.17) is 4.74 Å². The molecule has 2 heterocycles. The second-order valence-electron chi connectivity index (χ2n) is 7.40. The van der Waals surface area contributed by atoms with Crippen LogP contribution in [-0.4, -0.2) is 75.8 Å². The van der Waals surface area contributed by atoms with Gasteiger partial charge in [-0.15, -0.1) is 11.3 Å². The summed E-state index contributed by atoms with van der Waals surface area (Å²) >= 11 is 1.46. The molecule has 2 rings (SSSR count). The van der Waals surface area contributed by atoms with Crippen molar-refractivity contribution in [2.45, 2.75) is 32.7 Å². The van der Waals surface area contributed by atoms with Crippen molar-refractivity contribution in [3.63, 3.8) is 0 Å². The number of aliphatic imine (C=N–C) groups is 1. The second kappa shape index (κ2) is 12.7. The van der Waals surface area contributed by atoms with Crippen LogP contribution in [0.3, 0.4) is 0 Å². The van der Waals surface area contributed by atoms with E-state index in [1.54, 1.807) is 7.05 Å². The lowest BCUT2D eigenvalue weighted by Gasteiger charge is -2.35. The molecule has 28 heavy (non-hydrogen) atoms. The van der Waals surface area contributed by atoms with Crippen LogP contribution in [0.1, 0.15) is 36.4 Å². The molecule has 7 nitrogen and oxygen atoms in total. The molecule has 1 aromatic heterocycles. The summed E-state index contributed by atoms with van der Waals surface area (Å²) < 4.78 is 5.49. The Hall–Kier alpha value is -1.64. The van der Waals surface area contributed by atoms with Crippen LogP contribution in [0.4, 0.5) is 0 Å². The zero-order chi connectivity index (χ0) is 20.2. The van der Waals surface area contributed by atoms with Gasteiger partial charge in [-0.2, -0.15) is 0 Å². The molecule has 0 bridgehead atoms. The molecule has 1 aromatic rings. The summed E-state index contributed by atoms with van der Waals surface area (Å²) in [6.45, 7) is 10.4. The zero-order valence-corrected chi connectivity index (χ0v) is 18.2. The number of nitrogens with zero attached hydrogens (tertiary/aromatic N) is 2. The van der Waals surface area contributed by atoms with E-state index in [2.05, 4.69) is 39.7 Å². The van der Waals surface area contributed by atoms with Crippen LogP contribution in [0.25, 0.3) is 0 Å². The Kier molecular flexibility index (Phi) is 10.3. The van der Waals surface area contributed by atoms with Crippen LogP contribution in [0.5, 0.6) is 0 Å². The van der Waals surface area contributed by atoms with Gasteiger partial charge in [-0.05, 0) is 30.2 Å². The van der Waals surface area contributed by atoms with E-state index in [0.29, 0.717) is 18.5 Å². The minimum absolute atomic E-state index is 0.000421. The van der Waals surface area contributed by atoms with Gasteiger partial charge in [-0.3, -0.25) is 14.7 Å². The van der Waals surface area contributed by atoms with Gasteiger partial charge < -0.3 is 20.7 Å². The molecule has 3 N–H and O–H groups in total. The predicted octanol–water partition coefficient (Wildman–Crippen LogP) is 1.78. The Morgan fingerprint density at radius 2 is 2.00 bits per heavy atom. The number of carbonyl (C=O) groups excluding carboxylic acids is 1. The van der Waals surface area contributed by atoms with Gasteiger partial charge in [-0.25, -0.2) is 0 Å². The molecule has 0 aliphatic carbocycles. The maximum absolute atomic E-state index is 11.9. The molecule has 1 aliphatic heterocycles. The molecule has 1 atom stereocenters. The summed E-state index contributed by atoms with van der Waals surface area (Å²) in [7, 11) is 1.79. The molecular formula is C20H35N5O2S. The summed E-state index contributed by atoms with van der Waals surface area (Å²) in [5, 5.41) is 11.7. The number of guanidine groups is 1. The van der Waals surface area contributed by atoms with Crippen LogP contribution in [0, 0.1) is 5.92 Å². The Morgan fingerprint density at radius 1 is 1.25 bits per heavy atom. The van der Waals surface area contributed by atoms with E-state index >= 15 is 0 Å². The Balaban J connectivity index is 1.66. The van der Waals surface area contributed by atoms with E-state index in [1.807, 2.05) is 17.5 Å². The van der Waals surface area contributed by atoms with Gasteiger partial charge in [0.15, 0.2) is 5.96 Å². The van der Waals surface area contributed by atoms with Crippen molar-refractivity contribution in [1.29, 1.82) is 0 Å². The molecule has 1 saturated heterocycles. The molecular weight excluding hydrogens is 374 g/mol. The van der Waals surface area contributed by atoms with Crippen LogP contribution < -0.4 is 16.0 Å². The molecule has 1 amide bonds. The molecule has 0 aromatic carbocycles. The standard InChI is InChI=1S/C20H35N5O2S/c1-16(2)14-17(25-9-11-27-12-10-25)15-24-20(21-3)23-8-5-7-22-19(26)18-6-4-13-28-18/h4,6,13,16-17H,5,7-12,14-15H2,1-3H3,(H,22,26)(H2,21,23,24). The van der Waals surface area contributed by atoms with Gasteiger partial charge in [-0.1, -0.05) is 19.9 Å². The third-order valence-electron chi connectivity index (χ3n) is 4.71. The first-order chi connectivity index (χ1) is 13.6. The van der Waals surface area contributed by atoms with Crippen LogP contribution >= 0.6 is 11.3 Å². The number of hydrogen-bond donors (Lipinski definition) is 3. The molecule has 8 heteroatoms. The molecule has 1 fully saturated rings. The summed E-state index contributed by atoms with van der Waals surface area (Å²) in [5.74, 6) is 1.46. The van der Waals surface area contributed by atoms with Gasteiger partial charge in [0.2, 0.25) is 0 Å². The smallest absolute Gasteiger partial charge is 0.261 e. The number of rotatable bonds is 10.